The average molecular weight is 445 g/mol. The van der Waals surface area contributed by atoms with Crippen LogP contribution in [-0.4, -0.2) is 72.1 Å². The van der Waals surface area contributed by atoms with Crippen molar-refractivity contribution in [1.29, 1.82) is 0 Å². The van der Waals surface area contributed by atoms with Crippen LogP contribution in [0.3, 0.4) is 0 Å². The molecule has 1 aromatic heterocycles. The highest BCUT2D eigenvalue weighted by atomic mass is 16.4. The number of aliphatic imine (C=N–C) groups is 1. The Labute approximate surface area is 194 Å². The molecule has 0 radical (unpaired) electrons. The summed E-state index contributed by atoms with van der Waals surface area (Å²) in [7, 11) is 0. The molecule has 0 atom stereocenters. The van der Waals surface area contributed by atoms with E-state index in [1.54, 1.807) is 0 Å². The summed E-state index contributed by atoms with van der Waals surface area (Å²) in [6.07, 6.45) is 10.5. The maximum Gasteiger partial charge on any atom is 0.208 e. The van der Waals surface area contributed by atoms with Crippen LogP contribution in [0.1, 0.15) is 75.6 Å². The third-order valence-electron chi connectivity index (χ3n) is 7.70. The second-order valence-electron chi connectivity index (χ2n) is 10.1. The first-order valence-corrected chi connectivity index (χ1v) is 13.0. The number of hydrogen-bond donors (Lipinski definition) is 2. The van der Waals surface area contributed by atoms with Gasteiger partial charge in [-0.1, -0.05) is 12.8 Å². The van der Waals surface area contributed by atoms with E-state index < -0.39 is 0 Å². The fourth-order valence-corrected chi connectivity index (χ4v) is 5.54. The Bertz CT molecular complexity index is 705. The van der Waals surface area contributed by atoms with Gasteiger partial charge in [-0.25, -0.2) is 4.98 Å². The molecule has 7 nitrogen and oxygen atoms in total. The van der Waals surface area contributed by atoms with Crippen molar-refractivity contribution in [2.45, 2.75) is 90.8 Å². The van der Waals surface area contributed by atoms with Crippen LogP contribution in [0, 0.1) is 19.8 Å². The summed E-state index contributed by atoms with van der Waals surface area (Å²) in [5, 5.41) is 7.22. The molecule has 0 spiro atoms. The Balaban J connectivity index is 1.19. The zero-order valence-corrected chi connectivity index (χ0v) is 20.5. The standard InChI is InChI=1S/C25H44N6O/c1-4-26-25(29-22-11-15-31(16-12-22)23-7-5-6-8-23)27-17-21-9-13-30(14-10-21)18-24-28-19(2)20(3)32-24/h21-23H,4-18H2,1-3H3,(H2,26,27,29). The molecule has 0 unspecified atom stereocenters. The summed E-state index contributed by atoms with van der Waals surface area (Å²) >= 11 is 0. The molecule has 2 N–H and O–H groups in total. The molecule has 7 heteroatoms. The predicted molar refractivity (Wildman–Crippen MR) is 130 cm³/mol. The van der Waals surface area contributed by atoms with E-state index in [0.717, 1.165) is 62.1 Å². The highest BCUT2D eigenvalue weighted by Crippen LogP contribution is 2.26. The van der Waals surface area contributed by atoms with E-state index >= 15 is 0 Å². The van der Waals surface area contributed by atoms with Crippen LogP contribution in [-0.2, 0) is 6.54 Å². The van der Waals surface area contributed by atoms with Gasteiger partial charge in [0.25, 0.3) is 0 Å². The van der Waals surface area contributed by atoms with Crippen molar-refractivity contribution in [3.05, 3.63) is 17.3 Å². The van der Waals surface area contributed by atoms with E-state index in [-0.39, 0.29) is 0 Å². The van der Waals surface area contributed by atoms with Gasteiger partial charge in [0.15, 0.2) is 5.96 Å². The number of nitrogens with zero attached hydrogens (tertiary/aromatic N) is 4. The third-order valence-corrected chi connectivity index (χ3v) is 7.70. The number of nitrogens with one attached hydrogen (secondary N) is 2. The minimum absolute atomic E-state index is 0.556. The molecule has 2 saturated heterocycles. The van der Waals surface area contributed by atoms with Gasteiger partial charge in [-0.3, -0.25) is 9.89 Å². The van der Waals surface area contributed by atoms with Crippen LogP contribution in [0.5, 0.6) is 0 Å². The predicted octanol–water partition coefficient (Wildman–Crippen LogP) is 3.47. The first-order valence-electron chi connectivity index (χ1n) is 13.0. The van der Waals surface area contributed by atoms with Gasteiger partial charge in [0.2, 0.25) is 5.89 Å². The summed E-state index contributed by atoms with van der Waals surface area (Å²) in [6.45, 7) is 13.5. The Kier molecular flexibility index (Phi) is 8.47. The molecule has 0 bridgehead atoms. The molecule has 3 fully saturated rings. The molecule has 4 rings (SSSR count). The van der Waals surface area contributed by atoms with Crippen LogP contribution in [0.15, 0.2) is 9.41 Å². The summed E-state index contributed by atoms with van der Waals surface area (Å²) < 4.78 is 5.76. The molecular formula is C25H44N6O. The minimum atomic E-state index is 0.556. The molecule has 2 aliphatic heterocycles. The highest BCUT2D eigenvalue weighted by molar-refractivity contribution is 5.80. The van der Waals surface area contributed by atoms with Crippen molar-refractivity contribution in [2.24, 2.45) is 10.9 Å². The van der Waals surface area contributed by atoms with E-state index in [1.807, 2.05) is 13.8 Å². The average Bonchev–Trinajstić information content (AvgIpc) is 3.44. The van der Waals surface area contributed by atoms with E-state index in [2.05, 4.69) is 32.3 Å². The van der Waals surface area contributed by atoms with Gasteiger partial charge < -0.3 is 20.0 Å². The normalized spacial score (nSPS) is 23.2. The molecule has 3 heterocycles. The Hall–Kier alpha value is -1.60. The summed E-state index contributed by atoms with van der Waals surface area (Å²) in [5.74, 6) is 3.48. The zero-order chi connectivity index (χ0) is 22.3. The van der Waals surface area contributed by atoms with Crippen LogP contribution in [0.4, 0.5) is 0 Å². The number of aryl methyl sites for hydroxylation is 2. The topological polar surface area (TPSA) is 68.9 Å². The maximum absolute atomic E-state index is 5.76. The van der Waals surface area contributed by atoms with Crippen molar-refractivity contribution >= 4 is 5.96 Å². The second kappa shape index (κ2) is 11.5. The van der Waals surface area contributed by atoms with E-state index in [0.29, 0.717) is 12.0 Å². The molecule has 1 aromatic rings. The van der Waals surface area contributed by atoms with Gasteiger partial charge in [-0.15, -0.1) is 0 Å². The smallest absolute Gasteiger partial charge is 0.208 e. The first kappa shape index (κ1) is 23.6. The fraction of sp³-hybridized carbons (Fsp3) is 0.840. The van der Waals surface area contributed by atoms with E-state index in [1.165, 1.54) is 64.5 Å². The van der Waals surface area contributed by atoms with Crippen LogP contribution in [0.25, 0.3) is 0 Å². The van der Waals surface area contributed by atoms with E-state index in [9.17, 15) is 0 Å². The lowest BCUT2D eigenvalue weighted by Crippen LogP contribution is -2.50. The lowest BCUT2D eigenvalue weighted by atomic mass is 9.97. The number of oxazole rings is 1. The van der Waals surface area contributed by atoms with Gasteiger partial charge in [0, 0.05) is 38.3 Å². The number of guanidine groups is 1. The van der Waals surface area contributed by atoms with Crippen LogP contribution in [0.2, 0.25) is 0 Å². The lowest BCUT2D eigenvalue weighted by molar-refractivity contribution is 0.150. The Morgan fingerprint density at radius 1 is 1.03 bits per heavy atom. The number of likely N-dealkylation sites (tertiary alicyclic amines) is 2. The maximum atomic E-state index is 5.76. The first-order chi connectivity index (χ1) is 15.6. The largest absolute Gasteiger partial charge is 0.444 e. The zero-order valence-electron chi connectivity index (χ0n) is 20.5. The minimum Gasteiger partial charge on any atom is -0.444 e. The van der Waals surface area contributed by atoms with Gasteiger partial charge in [0.05, 0.1) is 12.2 Å². The quantitative estimate of drug-likeness (QED) is 0.496. The molecule has 32 heavy (non-hydrogen) atoms. The van der Waals surface area contributed by atoms with Gasteiger partial charge in [-0.2, -0.15) is 0 Å². The second-order valence-corrected chi connectivity index (χ2v) is 10.1. The summed E-state index contributed by atoms with van der Waals surface area (Å²) in [4.78, 5) is 14.7. The van der Waals surface area contributed by atoms with E-state index in [4.69, 9.17) is 9.41 Å². The Morgan fingerprint density at radius 3 is 2.38 bits per heavy atom. The third kappa shape index (κ3) is 6.47. The van der Waals surface area contributed by atoms with Crippen molar-refractivity contribution in [1.82, 2.24) is 25.4 Å². The number of hydrogen-bond acceptors (Lipinski definition) is 5. The van der Waals surface area contributed by atoms with Gasteiger partial charge >= 0.3 is 0 Å². The molecule has 1 saturated carbocycles. The molecule has 3 aliphatic rings. The van der Waals surface area contributed by atoms with Crippen molar-refractivity contribution < 1.29 is 4.42 Å². The molecule has 0 amide bonds. The Morgan fingerprint density at radius 2 is 1.75 bits per heavy atom. The van der Waals surface area contributed by atoms with Crippen LogP contribution >= 0.6 is 0 Å². The van der Waals surface area contributed by atoms with Crippen molar-refractivity contribution in [3.63, 3.8) is 0 Å². The molecular weight excluding hydrogens is 400 g/mol. The monoisotopic (exact) mass is 444 g/mol. The molecule has 0 aromatic carbocycles. The highest BCUT2D eigenvalue weighted by Gasteiger charge is 2.27. The van der Waals surface area contributed by atoms with Crippen molar-refractivity contribution in [2.75, 3.05) is 39.3 Å². The molecule has 1 aliphatic carbocycles. The SMILES string of the molecule is CCNC(=NCC1CCN(Cc2nc(C)c(C)o2)CC1)NC1CCN(C2CCCC2)CC1. The lowest BCUT2D eigenvalue weighted by Gasteiger charge is -2.36. The number of rotatable bonds is 7. The summed E-state index contributed by atoms with van der Waals surface area (Å²) in [5.41, 5.74) is 1.01. The number of aromatic nitrogens is 1. The molecule has 180 valence electrons. The van der Waals surface area contributed by atoms with Gasteiger partial charge in [-0.05, 0) is 78.3 Å². The van der Waals surface area contributed by atoms with Crippen molar-refractivity contribution in [3.8, 4) is 0 Å². The van der Waals surface area contributed by atoms with Gasteiger partial charge in [0.1, 0.15) is 5.76 Å². The fourth-order valence-electron chi connectivity index (χ4n) is 5.54. The number of piperidine rings is 2. The van der Waals surface area contributed by atoms with Crippen LogP contribution < -0.4 is 10.6 Å². The summed E-state index contributed by atoms with van der Waals surface area (Å²) in [6, 6.07) is 1.42.